The summed E-state index contributed by atoms with van der Waals surface area (Å²) in [6, 6.07) is 9.58. The van der Waals surface area contributed by atoms with Gasteiger partial charge in [0.2, 0.25) is 0 Å². The van der Waals surface area contributed by atoms with Gasteiger partial charge in [0, 0.05) is 40.4 Å². The van der Waals surface area contributed by atoms with Gasteiger partial charge in [0.25, 0.3) is 0 Å². The first-order valence-electron chi connectivity index (χ1n) is 11.2. The minimum absolute atomic E-state index is 0.603. The molecule has 2 heterocycles. The molecule has 1 aliphatic heterocycles. The number of ether oxygens (including phenoxy) is 2. The number of pyridine rings is 1. The summed E-state index contributed by atoms with van der Waals surface area (Å²) in [5.74, 6) is -0.300. The molecule has 1 N–H and O–H groups in total. The monoisotopic (exact) mass is 477 g/mol. The molecule has 0 spiro atoms. The van der Waals surface area contributed by atoms with Gasteiger partial charge >= 0.3 is 5.97 Å². The van der Waals surface area contributed by atoms with E-state index in [4.69, 9.17) is 21.1 Å². The molecule has 4 rings (SSSR count). The number of halogens is 1. The first kappa shape index (κ1) is 24.0. The molecule has 1 aliphatic rings. The van der Waals surface area contributed by atoms with E-state index in [2.05, 4.69) is 4.98 Å². The normalized spacial score (nSPS) is 16.0. The van der Waals surface area contributed by atoms with Gasteiger partial charge in [-0.05, 0) is 74.0 Å². The third kappa shape index (κ3) is 5.01. The molecule has 176 valence electrons. The Hall–Kier alpha value is -3.15. The van der Waals surface area contributed by atoms with E-state index < -0.39 is 17.7 Å². The maximum atomic E-state index is 12.3. The molecule has 2 aromatic carbocycles. The van der Waals surface area contributed by atoms with Crippen molar-refractivity contribution in [1.29, 1.82) is 0 Å². The standard InChI is InChI=1S/C28H28ClNO4/c1-17-15-21-19(7-5-9-23(21)29)20(25(17)26(27(31)32)34-28(2,3)4)8-6-10-24-22-16-30-13-11-18(22)12-14-33-24/h5-11,13,15-16,26H,12,14H2,1-4H3,(H,31,32)/b8-6+,24-10+. The lowest BCUT2D eigenvalue weighted by Crippen LogP contribution is -2.28. The van der Waals surface area contributed by atoms with Crippen LogP contribution in [0.3, 0.4) is 0 Å². The van der Waals surface area contributed by atoms with Crippen LogP contribution in [-0.2, 0) is 20.7 Å². The van der Waals surface area contributed by atoms with Crippen molar-refractivity contribution in [2.24, 2.45) is 0 Å². The number of aromatic nitrogens is 1. The van der Waals surface area contributed by atoms with Crippen LogP contribution in [0.4, 0.5) is 0 Å². The van der Waals surface area contributed by atoms with E-state index in [0.717, 1.165) is 39.6 Å². The Morgan fingerprint density at radius 2 is 2.06 bits per heavy atom. The predicted octanol–water partition coefficient (Wildman–Crippen LogP) is 6.76. The van der Waals surface area contributed by atoms with Gasteiger partial charge in [0.15, 0.2) is 6.10 Å². The van der Waals surface area contributed by atoms with Crippen LogP contribution < -0.4 is 0 Å². The van der Waals surface area contributed by atoms with Gasteiger partial charge in [0.1, 0.15) is 5.76 Å². The highest BCUT2D eigenvalue weighted by atomic mass is 35.5. The van der Waals surface area contributed by atoms with Crippen LogP contribution in [-0.4, -0.2) is 28.3 Å². The van der Waals surface area contributed by atoms with Crippen molar-refractivity contribution in [2.75, 3.05) is 6.61 Å². The van der Waals surface area contributed by atoms with E-state index in [1.54, 1.807) is 12.4 Å². The smallest absolute Gasteiger partial charge is 0.337 e. The summed E-state index contributed by atoms with van der Waals surface area (Å²) in [4.78, 5) is 16.6. The van der Waals surface area contributed by atoms with Gasteiger partial charge in [-0.15, -0.1) is 0 Å². The number of fused-ring (bicyclic) bond motifs is 2. The number of aliphatic carboxylic acids is 1. The Balaban J connectivity index is 1.88. The molecule has 3 aromatic rings. The average molecular weight is 478 g/mol. The lowest BCUT2D eigenvalue weighted by atomic mass is 9.90. The Morgan fingerprint density at radius 1 is 1.26 bits per heavy atom. The topological polar surface area (TPSA) is 68.7 Å². The van der Waals surface area contributed by atoms with Crippen LogP contribution in [0, 0.1) is 6.92 Å². The van der Waals surface area contributed by atoms with E-state index in [-0.39, 0.29) is 0 Å². The van der Waals surface area contributed by atoms with E-state index >= 15 is 0 Å². The molecule has 0 saturated carbocycles. The zero-order chi connectivity index (χ0) is 24.5. The Morgan fingerprint density at radius 3 is 2.79 bits per heavy atom. The van der Waals surface area contributed by atoms with Crippen LogP contribution in [0.15, 0.2) is 54.9 Å². The fraction of sp³-hybridized carbons (Fsp3) is 0.286. The molecule has 0 amide bonds. The van der Waals surface area contributed by atoms with Crippen LogP contribution in [0.5, 0.6) is 0 Å². The molecule has 1 unspecified atom stereocenters. The van der Waals surface area contributed by atoms with Gasteiger partial charge in [0.05, 0.1) is 12.2 Å². The van der Waals surface area contributed by atoms with Gasteiger partial charge in [-0.1, -0.05) is 35.9 Å². The highest BCUT2D eigenvalue weighted by Gasteiger charge is 2.30. The number of allylic oxidation sites excluding steroid dienone is 2. The zero-order valence-electron chi connectivity index (χ0n) is 19.8. The van der Waals surface area contributed by atoms with Crippen molar-refractivity contribution in [3.63, 3.8) is 0 Å². The maximum absolute atomic E-state index is 12.3. The number of carboxylic acid groups (broad SMARTS) is 1. The van der Waals surface area contributed by atoms with Crippen molar-refractivity contribution in [3.05, 3.63) is 87.7 Å². The Kier molecular flexibility index (Phi) is 6.78. The molecule has 0 radical (unpaired) electrons. The second-order valence-corrected chi connectivity index (χ2v) is 9.73. The van der Waals surface area contributed by atoms with Gasteiger partial charge in [-0.3, -0.25) is 4.98 Å². The highest BCUT2D eigenvalue weighted by Crippen LogP contribution is 2.37. The summed E-state index contributed by atoms with van der Waals surface area (Å²) in [6.45, 7) is 8.04. The van der Waals surface area contributed by atoms with Crippen molar-refractivity contribution in [3.8, 4) is 0 Å². The van der Waals surface area contributed by atoms with E-state index in [9.17, 15) is 9.90 Å². The summed E-state index contributed by atoms with van der Waals surface area (Å²) in [7, 11) is 0. The van der Waals surface area contributed by atoms with Gasteiger partial charge in [-0.2, -0.15) is 0 Å². The minimum Gasteiger partial charge on any atom is -0.493 e. The van der Waals surface area contributed by atoms with Gasteiger partial charge < -0.3 is 14.6 Å². The molecule has 0 bridgehead atoms. The van der Waals surface area contributed by atoms with Crippen molar-refractivity contribution in [2.45, 2.75) is 45.8 Å². The third-order valence-electron chi connectivity index (χ3n) is 5.69. The summed E-state index contributed by atoms with van der Waals surface area (Å²) in [6.07, 6.45) is 8.98. The highest BCUT2D eigenvalue weighted by molar-refractivity contribution is 6.35. The van der Waals surface area contributed by atoms with Crippen molar-refractivity contribution >= 4 is 40.2 Å². The second kappa shape index (κ2) is 9.61. The number of hydrogen-bond acceptors (Lipinski definition) is 4. The van der Waals surface area contributed by atoms with E-state index in [1.807, 2.05) is 76.3 Å². The number of carboxylic acids is 1. The number of hydrogen-bond donors (Lipinski definition) is 1. The SMILES string of the molecule is Cc1cc2c(Cl)cccc2c(/C=C/C=C2/OCCc3ccncc32)c1C(OC(C)(C)C)C(=O)O. The van der Waals surface area contributed by atoms with Crippen LogP contribution in [0.25, 0.3) is 22.6 Å². The fourth-order valence-corrected chi connectivity index (χ4v) is 4.49. The summed E-state index contributed by atoms with van der Waals surface area (Å²) >= 11 is 6.50. The summed E-state index contributed by atoms with van der Waals surface area (Å²) in [5.41, 5.74) is 3.68. The molecule has 34 heavy (non-hydrogen) atoms. The number of carbonyl (C=O) groups is 1. The predicted molar refractivity (Wildman–Crippen MR) is 136 cm³/mol. The number of nitrogens with zero attached hydrogens (tertiary/aromatic N) is 1. The summed E-state index contributed by atoms with van der Waals surface area (Å²) in [5, 5.41) is 12.4. The number of rotatable bonds is 5. The van der Waals surface area contributed by atoms with Crippen LogP contribution >= 0.6 is 11.6 Å². The van der Waals surface area contributed by atoms with Crippen molar-refractivity contribution < 1.29 is 19.4 Å². The lowest BCUT2D eigenvalue weighted by Gasteiger charge is -2.28. The lowest BCUT2D eigenvalue weighted by molar-refractivity contribution is -0.160. The van der Waals surface area contributed by atoms with Gasteiger partial charge in [-0.25, -0.2) is 4.79 Å². The van der Waals surface area contributed by atoms with E-state index in [1.165, 1.54) is 5.56 Å². The first-order chi connectivity index (χ1) is 16.2. The second-order valence-electron chi connectivity index (χ2n) is 9.33. The van der Waals surface area contributed by atoms with Crippen LogP contribution in [0.1, 0.15) is 54.7 Å². The molecule has 0 aliphatic carbocycles. The first-order valence-corrected chi connectivity index (χ1v) is 11.6. The van der Waals surface area contributed by atoms with Crippen molar-refractivity contribution in [1.82, 2.24) is 4.98 Å². The largest absolute Gasteiger partial charge is 0.493 e. The Labute approximate surface area is 204 Å². The molecule has 1 aromatic heterocycles. The quantitative estimate of drug-likeness (QED) is 0.439. The molecule has 0 fully saturated rings. The van der Waals surface area contributed by atoms with E-state index in [0.29, 0.717) is 17.2 Å². The number of aryl methyl sites for hydroxylation is 1. The fourth-order valence-electron chi connectivity index (χ4n) is 4.27. The molecule has 5 nitrogen and oxygen atoms in total. The Bertz CT molecular complexity index is 1300. The molecule has 0 saturated heterocycles. The zero-order valence-corrected chi connectivity index (χ0v) is 20.5. The minimum atomic E-state index is -1.13. The molecular formula is C28H28ClNO4. The molecular weight excluding hydrogens is 450 g/mol. The molecule has 1 atom stereocenters. The number of benzene rings is 2. The maximum Gasteiger partial charge on any atom is 0.337 e. The third-order valence-corrected chi connectivity index (χ3v) is 6.02. The average Bonchev–Trinajstić information content (AvgIpc) is 2.78. The van der Waals surface area contributed by atoms with Crippen LogP contribution in [0.2, 0.25) is 5.02 Å². The summed E-state index contributed by atoms with van der Waals surface area (Å²) < 4.78 is 11.9. The molecule has 6 heteroatoms.